The van der Waals surface area contributed by atoms with Crippen molar-refractivity contribution in [3.8, 4) is 11.1 Å². The number of hydrogen-bond donors (Lipinski definition) is 2. The highest BCUT2D eigenvalue weighted by atomic mass is 16.4. The van der Waals surface area contributed by atoms with E-state index in [4.69, 9.17) is 20.6 Å². The van der Waals surface area contributed by atoms with Gasteiger partial charge in [0, 0.05) is 0 Å². The molecule has 2 N–H and O–H groups in total. The molecule has 0 fully saturated rings. The summed E-state index contributed by atoms with van der Waals surface area (Å²) in [5, 5.41) is 17.7. The van der Waals surface area contributed by atoms with Gasteiger partial charge in [0.25, 0.3) is 0 Å². The third-order valence-corrected chi connectivity index (χ3v) is 4.23. The van der Waals surface area contributed by atoms with E-state index in [1.807, 2.05) is 0 Å². The third kappa shape index (κ3) is 2.44. The van der Waals surface area contributed by atoms with Gasteiger partial charge in [0.2, 0.25) is 0 Å². The summed E-state index contributed by atoms with van der Waals surface area (Å²) in [5.74, 6) is 0. The third-order valence-electron chi connectivity index (χ3n) is 4.23. The molecular weight excluding hydrogens is 331 g/mol. The maximum atomic E-state index is 10.4. The number of rotatable bonds is 2. The van der Waals surface area contributed by atoms with Gasteiger partial charge in [-0.1, -0.05) is 90.6 Å². The first kappa shape index (κ1) is 6.79. The molecule has 5 aromatic carbocycles. The van der Waals surface area contributed by atoms with E-state index < -0.39 is 147 Å². The molecule has 0 bridgehead atoms. The lowest BCUT2D eigenvalue weighted by molar-refractivity contribution is 0.426. The van der Waals surface area contributed by atoms with Gasteiger partial charge in [-0.25, -0.2) is 0 Å². The Morgan fingerprint density at radius 3 is 1.63 bits per heavy atom. The van der Waals surface area contributed by atoms with E-state index >= 15 is 0 Å². The molecule has 0 aliphatic rings. The standard InChI is InChI=1S/C24H17BO2/c26-25(27)24-21-13-5-3-11-19(21)23(20-12-4-6-14-22(20)24)18-15-7-9-16-8-1-2-10-17(16)18/h1-15,26-27H/i1D,2D,3D,4D,5D,6D,7D,8D,9D,10D,11D,12D,13D,14D,15D. The van der Waals surface area contributed by atoms with Crippen molar-refractivity contribution >= 4 is 44.9 Å². The lowest BCUT2D eigenvalue weighted by atomic mass is 9.72. The zero-order valence-corrected chi connectivity index (χ0v) is 13.5. The van der Waals surface area contributed by atoms with Crippen LogP contribution < -0.4 is 5.46 Å². The molecule has 0 aliphatic heterocycles. The molecule has 0 atom stereocenters. The van der Waals surface area contributed by atoms with Gasteiger partial charge < -0.3 is 10.0 Å². The van der Waals surface area contributed by atoms with Crippen LogP contribution in [0.4, 0.5) is 0 Å². The average Bonchev–Trinajstić information content (AvgIpc) is 2.95. The molecule has 2 nitrogen and oxygen atoms in total. The zero-order chi connectivity index (χ0) is 31.4. The predicted molar refractivity (Wildman–Crippen MR) is 114 cm³/mol. The monoisotopic (exact) mass is 363 g/mol. The molecule has 0 aromatic heterocycles. The fourth-order valence-corrected chi connectivity index (χ4v) is 3.16. The molecule has 3 heteroatoms. The molecule has 0 aliphatic carbocycles. The highest BCUT2D eigenvalue weighted by Gasteiger charge is 2.22. The Hall–Kier alpha value is -3.14. The van der Waals surface area contributed by atoms with Gasteiger partial charge in [-0.3, -0.25) is 0 Å². The molecule has 0 unspecified atom stereocenters. The summed E-state index contributed by atoms with van der Waals surface area (Å²) in [4.78, 5) is 0. The molecule has 0 spiro atoms. The minimum absolute atomic E-state index is 0.494. The van der Waals surface area contributed by atoms with E-state index in [1.54, 1.807) is 0 Å². The quantitative estimate of drug-likeness (QED) is 0.358. The molecule has 0 heterocycles. The zero-order valence-electron chi connectivity index (χ0n) is 28.5. The van der Waals surface area contributed by atoms with E-state index in [-0.39, 0.29) is 0 Å². The predicted octanol–water partition coefficient (Wildman–Crippen LogP) is 4.49. The van der Waals surface area contributed by atoms with Crippen LogP contribution in [0.25, 0.3) is 43.4 Å². The smallest absolute Gasteiger partial charge is 0.423 e. The van der Waals surface area contributed by atoms with Crippen LogP contribution in [0.5, 0.6) is 0 Å². The summed E-state index contributed by atoms with van der Waals surface area (Å²) >= 11 is 0. The largest absolute Gasteiger partial charge is 0.489 e. The molecule has 27 heavy (non-hydrogen) atoms. The van der Waals surface area contributed by atoms with Crippen LogP contribution in [0.3, 0.4) is 0 Å². The Balaban J connectivity index is 2.36. The highest BCUT2D eigenvalue weighted by Crippen LogP contribution is 2.38. The maximum Gasteiger partial charge on any atom is 0.489 e. The van der Waals surface area contributed by atoms with Gasteiger partial charge in [0.1, 0.15) is 0 Å². The van der Waals surface area contributed by atoms with Crippen molar-refractivity contribution in [2.45, 2.75) is 0 Å². The van der Waals surface area contributed by atoms with Crippen LogP contribution in [0.1, 0.15) is 20.6 Å². The van der Waals surface area contributed by atoms with Crippen LogP contribution >= 0.6 is 0 Å². The van der Waals surface area contributed by atoms with E-state index in [1.165, 1.54) is 0 Å². The van der Waals surface area contributed by atoms with Crippen molar-refractivity contribution < 1.29 is 30.6 Å². The van der Waals surface area contributed by atoms with Gasteiger partial charge in [-0.05, 0) is 48.9 Å². The van der Waals surface area contributed by atoms with Crippen molar-refractivity contribution in [1.82, 2.24) is 0 Å². The van der Waals surface area contributed by atoms with Crippen molar-refractivity contribution in [2.24, 2.45) is 0 Å². The topological polar surface area (TPSA) is 40.5 Å². The van der Waals surface area contributed by atoms with E-state index in [9.17, 15) is 10.0 Å². The first-order valence-corrected chi connectivity index (χ1v) is 7.81. The molecule has 5 aromatic rings. The lowest BCUT2D eigenvalue weighted by Crippen LogP contribution is -2.31. The summed E-state index contributed by atoms with van der Waals surface area (Å²) in [6.45, 7) is 0. The van der Waals surface area contributed by atoms with Gasteiger partial charge in [-0.2, -0.15) is 0 Å². The van der Waals surface area contributed by atoms with Crippen LogP contribution in [0.15, 0.2) is 90.6 Å². The SMILES string of the molecule is [2H]c1c([2H])c([2H])c2c(-c3c4c([2H])c([2H])c([2H])c([2H])c4c(B(O)O)c4c([2H])c([2H])c([2H])c([2H])c34)c([2H])c([2H])c([2H])c2c1[2H]. The average molecular weight is 363 g/mol. The van der Waals surface area contributed by atoms with Crippen LogP contribution in [-0.2, 0) is 0 Å². The summed E-state index contributed by atoms with van der Waals surface area (Å²) in [5.41, 5.74) is -1.75. The Morgan fingerprint density at radius 2 is 1.04 bits per heavy atom. The van der Waals surface area contributed by atoms with E-state index in [2.05, 4.69) is 0 Å². The van der Waals surface area contributed by atoms with E-state index in [0.29, 0.717) is 0 Å². The van der Waals surface area contributed by atoms with Crippen molar-refractivity contribution in [3.05, 3.63) is 90.6 Å². The van der Waals surface area contributed by atoms with Crippen LogP contribution in [0, 0.1) is 0 Å². The minimum atomic E-state index is -2.52. The first-order valence-electron chi connectivity index (χ1n) is 15.3. The first-order chi connectivity index (χ1) is 19.5. The molecule has 0 saturated carbocycles. The fraction of sp³-hybridized carbons (Fsp3) is 0. The second kappa shape index (κ2) is 6.24. The van der Waals surface area contributed by atoms with Crippen LogP contribution in [0.2, 0.25) is 0 Å². The summed E-state index contributed by atoms with van der Waals surface area (Å²) in [6, 6.07) is -12.0. The van der Waals surface area contributed by atoms with Crippen molar-refractivity contribution in [2.75, 3.05) is 0 Å². The minimum Gasteiger partial charge on any atom is -0.423 e. The summed E-state index contributed by atoms with van der Waals surface area (Å²) in [6.07, 6.45) is 0. The van der Waals surface area contributed by atoms with Gasteiger partial charge in [0.05, 0.1) is 20.6 Å². The second-order valence-corrected chi connectivity index (χ2v) is 5.66. The molecule has 128 valence electrons. The van der Waals surface area contributed by atoms with E-state index in [0.717, 1.165) is 0 Å². The highest BCUT2D eigenvalue weighted by molar-refractivity contribution is 6.66. The molecule has 0 amide bonds. The van der Waals surface area contributed by atoms with Crippen LogP contribution in [-0.4, -0.2) is 17.2 Å². The van der Waals surface area contributed by atoms with Gasteiger partial charge >= 0.3 is 7.12 Å². The summed E-state index contributed by atoms with van der Waals surface area (Å²) in [7, 11) is -2.52. The van der Waals surface area contributed by atoms with Crippen molar-refractivity contribution in [1.29, 1.82) is 0 Å². The molecule has 0 saturated heterocycles. The Bertz CT molecular complexity index is 1990. The lowest BCUT2D eigenvalue weighted by Gasteiger charge is -2.18. The van der Waals surface area contributed by atoms with Crippen molar-refractivity contribution in [3.63, 3.8) is 0 Å². The van der Waals surface area contributed by atoms with Gasteiger partial charge in [0.15, 0.2) is 0 Å². The normalized spacial score (nSPS) is 19.1. The Labute approximate surface area is 178 Å². The number of fused-ring (bicyclic) bond motifs is 3. The Kier molecular flexibility index (Phi) is 1.57. The van der Waals surface area contributed by atoms with Gasteiger partial charge in [-0.15, -0.1) is 0 Å². The number of hydrogen-bond acceptors (Lipinski definition) is 2. The Morgan fingerprint density at radius 1 is 0.556 bits per heavy atom. The fourth-order valence-electron chi connectivity index (χ4n) is 3.16. The molecular formula is C24H17BO2. The molecule has 0 radical (unpaired) electrons. The summed E-state index contributed by atoms with van der Waals surface area (Å²) < 4.78 is 127. The maximum absolute atomic E-state index is 10.4. The number of benzene rings is 5. The molecule has 5 rings (SSSR count). The second-order valence-electron chi connectivity index (χ2n) is 5.66.